The number of carbonyl (C=O) groups is 2. The molecule has 0 aliphatic carbocycles. The lowest BCUT2D eigenvalue weighted by atomic mass is 10.1. The van der Waals surface area contributed by atoms with Crippen LogP contribution in [0.2, 0.25) is 0 Å². The van der Waals surface area contributed by atoms with Crippen LogP contribution < -0.4 is 5.32 Å². The Labute approximate surface area is 117 Å². The van der Waals surface area contributed by atoms with E-state index in [0.29, 0.717) is 5.82 Å². The number of nitrogens with zero attached hydrogens (tertiary/aromatic N) is 3. The van der Waals surface area contributed by atoms with Gasteiger partial charge in [0.05, 0.1) is 6.04 Å². The van der Waals surface area contributed by atoms with Crippen LogP contribution in [-0.2, 0) is 22.6 Å². The summed E-state index contributed by atoms with van der Waals surface area (Å²) < 4.78 is 2.05. The molecule has 7 heteroatoms. The lowest BCUT2D eigenvalue weighted by Gasteiger charge is -2.16. The van der Waals surface area contributed by atoms with Crippen molar-refractivity contribution in [3.05, 3.63) is 11.6 Å². The Morgan fingerprint density at radius 1 is 1.25 bits per heavy atom. The maximum absolute atomic E-state index is 11.8. The van der Waals surface area contributed by atoms with Crippen LogP contribution in [-0.4, -0.2) is 31.7 Å². The minimum absolute atomic E-state index is 0.344. The van der Waals surface area contributed by atoms with Gasteiger partial charge >= 0.3 is 5.97 Å². The first-order valence-electron chi connectivity index (χ1n) is 6.96. The molecule has 2 rings (SSSR count). The molecule has 1 aliphatic rings. The van der Waals surface area contributed by atoms with Gasteiger partial charge in [0.25, 0.3) is 0 Å². The van der Waals surface area contributed by atoms with Crippen molar-refractivity contribution in [1.29, 1.82) is 0 Å². The van der Waals surface area contributed by atoms with Crippen LogP contribution in [0.3, 0.4) is 0 Å². The Kier molecular flexibility index (Phi) is 4.36. The van der Waals surface area contributed by atoms with Crippen molar-refractivity contribution >= 4 is 11.9 Å². The molecule has 0 aromatic carbocycles. The lowest BCUT2D eigenvalue weighted by Crippen LogP contribution is -2.36. The molecule has 2 N–H and O–H groups in total. The first kappa shape index (κ1) is 14.5. The summed E-state index contributed by atoms with van der Waals surface area (Å²) in [6.07, 6.45) is 4.25. The smallest absolute Gasteiger partial charge is 0.315 e. The third-order valence-electron chi connectivity index (χ3n) is 3.65. The average Bonchev–Trinajstić information content (AvgIpc) is 2.67. The Balaban J connectivity index is 2.10. The van der Waals surface area contributed by atoms with Gasteiger partial charge in [-0.2, -0.15) is 0 Å². The van der Waals surface area contributed by atoms with Gasteiger partial charge in [-0.3, -0.25) is 9.59 Å². The van der Waals surface area contributed by atoms with E-state index in [4.69, 9.17) is 5.11 Å². The van der Waals surface area contributed by atoms with Gasteiger partial charge in [-0.1, -0.05) is 6.42 Å². The number of nitrogens with one attached hydrogen (secondary N) is 1. The number of carbonyl (C=O) groups excluding carboxylic acids is 1. The van der Waals surface area contributed by atoms with Crippen LogP contribution in [0.5, 0.6) is 0 Å². The highest BCUT2D eigenvalue weighted by atomic mass is 16.4. The first-order valence-corrected chi connectivity index (χ1v) is 6.96. The summed E-state index contributed by atoms with van der Waals surface area (Å²) in [6.45, 7) is 4.02. The summed E-state index contributed by atoms with van der Waals surface area (Å²) in [7, 11) is 0. The quantitative estimate of drug-likeness (QED) is 0.799. The Morgan fingerprint density at radius 3 is 2.70 bits per heavy atom. The third kappa shape index (κ3) is 2.97. The normalized spacial score (nSPS) is 17.7. The number of carboxylic acids is 1. The van der Waals surface area contributed by atoms with E-state index in [1.54, 1.807) is 6.92 Å². The molecule has 2 heterocycles. The number of aliphatic carboxylic acids is 1. The molecule has 0 saturated heterocycles. The monoisotopic (exact) mass is 280 g/mol. The fourth-order valence-corrected chi connectivity index (χ4v) is 2.34. The predicted octanol–water partition coefficient (Wildman–Crippen LogP) is 0.902. The highest BCUT2D eigenvalue weighted by molar-refractivity contribution is 5.96. The van der Waals surface area contributed by atoms with Crippen molar-refractivity contribution in [1.82, 2.24) is 20.1 Å². The molecule has 110 valence electrons. The fraction of sp³-hybridized carbons (Fsp3) is 0.692. The number of hydrogen-bond acceptors (Lipinski definition) is 4. The molecule has 2 unspecified atom stereocenters. The molecule has 0 spiro atoms. The number of fused-ring (bicyclic) bond motifs is 1. The van der Waals surface area contributed by atoms with Crippen LogP contribution in [0.25, 0.3) is 0 Å². The maximum Gasteiger partial charge on any atom is 0.315 e. The van der Waals surface area contributed by atoms with Crippen LogP contribution >= 0.6 is 0 Å². The topological polar surface area (TPSA) is 97.1 Å². The van der Waals surface area contributed by atoms with Gasteiger partial charge in [0.1, 0.15) is 11.7 Å². The van der Waals surface area contributed by atoms with Crippen molar-refractivity contribution in [3.63, 3.8) is 0 Å². The molecule has 1 aromatic heterocycles. The summed E-state index contributed by atoms with van der Waals surface area (Å²) >= 11 is 0. The van der Waals surface area contributed by atoms with Crippen molar-refractivity contribution in [2.75, 3.05) is 0 Å². The first-order chi connectivity index (χ1) is 9.50. The number of aromatic nitrogens is 3. The van der Waals surface area contributed by atoms with E-state index in [1.807, 2.05) is 4.57 Å². The van der Waals surface area contributed by atoms with Crippen molar-refractivity contribution in [3.8, 4) is 0 Å². The van der Waals surface area contributed by atoms with Gasteiger partial charge in [0.15, 0.2) is 5.82 Å². The van der Waals surface area contributed by atoms with E-state index >= 15 is 0 Å². The Hall–Kier alpha value is -1.92. The summed E-state index contributed by atoms with van der Waals surface area (Å²) in [5.74, 6) is -1.05. The van der Waals surface area contributed by atoms with Crippen molar-refractivity contribution in [2.24, 2.45) is 5.92 Å². The SMILES string of the molecule is CC(C(=O)O)C(=O)NC(C)c1nnc2n1CCCCC2. The predicted molar refractivity (Wildman–Crippen MR) is 70.9 cm³/mol. The number of rotatable bonds is 4. The van der Waals surface area contributed by atoms with E-state index in [0.717, 1.165) is 31.6 Å². The summed E-state index contributed by atoms with van der Waals surface area (Å²) in [5, 5.41) is 19.8. The minimum Gasteiger partial charge on any atom is -0.481 e. The maximum atomic E-state index is 11.8. The van der Waals surface area contributed by atoms with E-state index in [-0.39, 0.29) is 6.04 Å². The standard InChI is InChI=1S/C13H20N4O3/c1-8(13(19)20)12(18)14-9(2)11-16-15-10-6-4-3-5-7-17(10)11/h8-9H,3-7H2,1-2H3,(H,14,18)(H,19,20). The Bertz CT molecular complexity index is 512. The van der Waals surface area contributed by atoms with Gasteiger partial charge in [-0.25, -0.2) is 0 Å². The zero-order chi connectivity index (χ0) is 14.7. The van der Waals surface area contributed by atoms with Crippen molar-refractivity contribution < 1.29 is 14.7 Å². The second-order valence-corrected chi connectivity index (χ2v) is 5.23. The Morgan fingerprint density at radius 2 is 2.00 bits per heavy atom. The van der Waals surface area contributed by atoms with Gasteiger partial charge in [0, 0.05) is 13.0 Å². The van der Waals surface area contributed by atoms with Gasteiger partial charge in [-0.15, -0.1) is 10.2 Å². The van der Waals surface area contributed by atoms with Gasteiger partial charge in [-0.05, 0) is 26.7 Å². The number of amides is 1. The molecule has 2 atom stereocenters. The summed E-state index contributed by atoms with van der Waals surface area (Å²) in [4.78, 5) is 22.6. The largest absolute Gasteiger partial charge is 0.481 e. The molecule has 0 fully saturated rings. The number of hydrogen-bond donors (Lipinski definition) is 2. The summed E-state index contributed by atoms with van der Waals surface area (Å²) in [5.41, 5.74) is 0. The summed E-state index contributed by atoms with van der Waals surface area (Å²) in [6, 6.07) is -0.344. The molecule has 20 heavy (non-hydrogen) atoms. The average molecular weight is 280 g/mol. The fourth-order valence-electron chi connectivity index (χ4n) is 2.34. The minimum atomic E-state index is -1.13. The van der Waals surface area contributed by atoms with Gasteiger partial charge < -0.3 is 15.0 Å². The molecular formula is C13H20N4O3. The molecule has 7 nitrogen and oxygen atoms in total. The number of aryl methyl sites for hydroxylation is 1. The zero-order valence-corrected chi connectivity index (χ0v) is 11.8. The zero-order valence-electron chi connectivity index (χ0n) is 11.8. The van der Waals surface area contributed by atoms with Crippen LogP contribution in [0, 0.1) is 5.92 Å². The van der Waals surface area contributed by atoms with Crippen molar-refractivity contribution in [2.45, 2.75) is 52.1 Å². The third-order valence-corrected chi connectivity index (χ3v) is 3.65. The van der Waals surface area contributed by atoms with E-state index in [9.17, 15) is 9.59 Å². The molecule has 0 radical (unpaired) electrons. The van der Waals surface area contributed by atoms with Crippen LogP contribution in [0.1, 0.15) is 50.8 Å². The molecule has 1 amide bonds. The van der Waals surface area contributed by atoms with E-state index in [2.05, 4.69) is 15.5 Å². The highest BCUT2D eigenvalue weighted by Crippen LogP contribution is 2.18. The second-order valence-electron chi connectivity index (χ2n) is 5.23. The van der Waals surface area contributed by atoms with Gasteiger partial charge in [0.2, 0.25) is 5.91 Å². The van der Waals surface area contributed by atoms with E-state index < -0.39 is 17.8 Å². The second kappa shape index (κ2) is 6.02. The lowest BCUT2D eigenvalue weighted by molar-refractivity contribution is -0.146. The van der Waals surface area contributed by atoms with Crippen LogP contribution in [0.4, 0.5) is 0 Å². The van der Waals surface area contributed by atoms with E-state index in [1.165, 1.54) is 13.3 Å². The molecule has 0 bridgehead atoms. The molecule has 1 aliphatic heterocycles. The molecule has 0 saturated carbocycles. The molecular weight excluding hydrogens is 260 g/mol. The highest BCUT2D eigenvalue weighted by Gasteiger charge is 2.25. The number of carboxylic acid groups (broad SMARTS) is 1. The van der Waals surface area contributed by atoms with Crippen LogP contribution in [0.15, 0.2) is 0 Å². The molecule has 1 aromatic rings.